The normalized spacial score (nSPS) is 15.1. The van der Waals surface area contributed by atoms with Crippen LogP contribution in [0, 0.1) is 5.92 Å². The minimum Gasteiger partial charge on any atom is -0.325 e. The van der Waals surface area contributed by atoms with Gasteiger partial charge in [0.05, 0.1) is 0 Å². The molecule has 2 aromatic rings. The molecule has 0 bridgehead atoms. The van der Waals surface area contributed by atoms with Gasteiger partial charge in [0.15, 0.2) is 0 Å². The Morgan fingerprint density at radius 3 is 1.35 bits per heavy atom. The second kappa shape index (κ2) is 7.57. The molecule has 3 rings (SSSR count). The van der Waals surface area contributed by atoms with Gasteiger partial charge in [-0.25, -0.2) is 0 Å². The van der Waals surface area contributed by atoms with Crippen molar-refractivity contribution in [3.8, 4) is 0 Å². The van der Waals surface area contributed by atoms with Crippen LogP contribution in [0.2, 0.25) is 0 Å². The molecule has 2 heteroatoms. The number of para-hydroxylation sites is 2. The highest BCUT2D eigenvalue weighted by Crippen LogP contribution is 2.38. The molecule has 2 aromatic carbocycles. The molecule has 0 atom stereocenters. The van der Waals surface area contributed by atoms with E-state index in [-0.39, 0.29) is 6.17 Å². The van der Waals surface area contributed by atoms with Crippen LogP contribution in [0.25, 0.3) is 0 Å². The first kappa shape index (κ1) is 18.6. The van der Waals surface area contributed by atoms with E-state index in [9.17, 15) is 0 Å². The van der Waals surface area contributed by atoms with Gasteiger partial charge in [0.1, 0.15) is 6.17 Å². The summed E-state index contributed by atoms with van der Waals surface area (Å²) >= 11 is 0. The van der Waals surface area contributed by atoms with Gasteiger partial charge in [-0.05, 0) is 41.0 Å². The molecule has 0 aromatic heterocycles. The van der Waals surface area contributed by atoms with Gasteiger partial charge in [-0.3, -0.25) is 0 Å². The van der Waals surface area contributed by atoms with Crippen LogP contribution in [0.4, 0.5) is 11.4 Å². The molecule has 0 saturated heterocycles. The first-order chi connectivity index (χ1) is 12.4. The van der Waals surface area contributed by atoms with Gasteiger partial charge < -0.3 is 9.80 Å². The fourth-order valence-corrected chi connectivity index (χ4v) is 3.96. The third kappa shape index (κ3) is 3.38. The standard InChI is InChI=1S/C24H32N2/c1-17(2)20-11-7-9-13-22(20)25-15-16-26(24(25)19(5)6)23-14-10-8-12-21(23)18(3)4/h7-19,24H,1-6H3. The summed E-state index contributed by atoms with van der Waals surface area (Å²) in [7, 11) is 0. The first-order valence-corrected chi connectivity index (χ1v) is 9.84. The molecule has 1 aliphatic heterocycles. The highest BCUT2D eigenvalue weighted by atomic mass is 15.4. The van der Waals surface area contributed by atoms with Gasteiger partial charge in [0.25, 0.3) is 0 Å². The van der Waals surface area contributed by atoms with Crippen molar-refractivity contribution < 1.29 is 0 Å². The van der Waals surface area contributed by atoms with E-state index in [1.807, 2.05) is 0 Å². The average molecular weight is 349 g/mol. The Morgan fingerprint density at radius 1 is 0.615 bits per heavy atom. The van der Waals surface area contributed by atoms with Gasteiger partial charge in [-0.1, -0.05) is 77.9 Å². The third-order valence-electron chi connectivity index (χ3n) is 5.23. The largest absolute Gasteiger partial charge is 0.325 e. The minimum absolute atomic E-state index is 0.287. The second-order valence-electron chi connectivity index (χ2n) is 8.20. The Morgan fingerprint density at radius 2 is 1.00 bits per heavy atom. The van der Waals surface area contributed by atoms with Crippen LogP contribution in [0.3, 0.4) is 0 Å². The Balaban J connectivity index is 2.05. The molecule has 0 fully saturated rings. The monoisotopic (exact) mass is 348 g/mol. The molecule has 0 saturated carbocycles. The summed E-state index contributed by atoms with van der Waals surface area (Å²) in [5.74, 6) is 1.50. The highest BCUT2D eigenvalue weighted by Gasteiger charge is 2.33. The summed E-state index contributed by atoms with van der Waals surface area (Å²) in [5, 5.41) is 0. The number of benzene rings is 2. The van der Waals surface area contributed by atoms with E-state index in [4.69, 9.17) is 0 Å². The molecule has 26 heavy (non-hydrogen) atoms. The molecule has 0 spiro atoms. The summed E-state index contributed by atoms with van der Waals surface area (Å²) in [6, 6.07) is 17.6. The summed E-state index contributed by atoms with van der Waals surface area (Å²) < 4.78 is 0. The highest BCUT2D eigenvalue weighted by molar-refractivity contribution is 5.67. The fourth-order valence-electron chi connectivity index (χ4n) is 3.96. The molecular weight excluding hydrogens is 316 g/mol. The maximum Gasteiger partial charge on any atom is 0.112 e. The number of anilines is 2. The smallest absolute Gasteiger partial charge is 0.112 e. The Kier molecular flexibility index (Phi) is 5.41. The molecule has 0 unspecified atom stereocenters. The van der Waals surface area contributed by atoms with Crippen molar-refractivity contribution >= 4 is 11.4 Å². The van der Waals surface area contributed by atoms with Crippen LogP contribution < -0.4 is 9.80 Å². The lowest BCUT2D eigenvalue weighted by Gasteiger charge is -2.38. The van der Waals surface area contributed by atoms with E-state index in [0.717, 1.165) is 0 Å². The fraction of sp³-hybridized carbons (Fsp3) is 0.417. The minimum atomic E-state index is 0.287. The van der Waals surface area contributed by atoms with Crippen LogP contribution in [0.15, 0.2) is 60.9 Å². The van der Waals surface area contributed by atoms with Crippen molar-refractivity contribution in [3.05, 3.63) is 72.1 Å². The summed E-state index contributed by atoms with van der Waals surface area (Å²) in [5.41, 5.74) is 5.45. The van der Waals surface area contributed by atoms with E-state index in [1.165, 1.54) is 22.5 Å². The van der Waals surface area contributed by atoms with Crippen molar-refractivity contribution in [2.45, 2.75) is 59.5 Å². The predicted octanol–water partition coefficient (Wildman–Crippen LogP) is 6.71. The van der Waals surface area contributed by atoms with Crippen LogP contribution in [-0.2, 0) is 0 Å². The zero-order valence-corrected chi connectivity index (χ0v) is 17.0. The predicted molar refractivity (Wildman–Crippen MR) is 114 cm³/mol. The lowest BCUT2D eigenvalue weighted by molar-refractivity contribution is 0.499. The zero-order valence-electron chi connectivity index (χ0n) is 17.0. The Bertz CT molecular complexity index is 712. The van der Waals surface area contributed by atoms with E-state index in [0.29, 0.717) is 17.8 Å². The maximum absolute atomic E-state index is 2.46. The maximum atomic E-state index is 2.46. The van der Waals surface area contributed by atoms with E-state index < -0.39 is 0 Å². The van der Waals surface area contributed by atoms with Gasteiger partial charge in [-0.2, -0.15) is 0 Å². The van der Waals surface area contributed by atoms with Crippen LogP contribution >= 0.6 is 0 Å². The lowest BCUT2D eigenvalue weighted by Crippen LogP contribution is -2.43. The van der Waals surface area contributed by atoms with E-state index in [1.54, 1.807) is 0 Å². The number of hydrogen-bond acceptors (Lipinski definition) is 2. The number of rotatable bonds is 5. The van der Waals surface area contributed by atoms with Gasteiger partial charge in [0, 0.05) is 23.8 Å². The van der Waals surface area contributed by atoms with Gasteiger partial charge in [-0.15, -0.1) is 0 Å². The first-order valence-electron chi connectivity index (χ1n) is 9.84. The number of hydrogen-bond donors (Lipinski definition) is 0. The third-order valence-corrected chi connectivity index (χ3v) is 5.23. The van der Waals surface area contributed by atoms with Crippen molar-refractivity contribution in [1.82, 2.24) is 0 Å². The van der Waals surface area contributed by atoms with Gasteiger partial charge >= 0.3 is 0 Å². The molecule has 1 heterocycles. The Hall–Kier alpha value is -2.22. The molecule has 0 amide bonds. The van der Waals surface area contributed by atoms with Crippen molar-refractivity contribution in [2.75, 3.05) is 9.80 Å². The zero-order chi connectivity index (χ0) is 18.8. The second-order valence-corrected chi connectivity index (χ2v) is 8.20. The molecule has 138 valence electrons. The Labute approximate surface area is 159 Å². The van der Waals surface area contributed by atoms with Crippen LogP contribution in [-0.4, -0.2) is 6.17 Å². The summed E-state index contributed by atoms with van der Waals surface area (Å²) in [6.07, 6.45) is 4.79. The lowest BCUT2D eigenvalue weighted by atomic mass is 9.98. The van der Waals surface area contributed by atoms with Crippen molar-refractivity contribution in [2.24, 2.45) is 5.92 Å². The molecule has 0 radical (unpaired) electrons. The quantitative estimate of drug-likeness (QED) is 0.592. The van der Waals surface area contributed by atoms with Crippen molar-refractivity contribution in [1.29, 1.82) is 0 Å². The van der Waals surface area contributed by atoms with Gasteiger partial charge in [0.2, 0.25) is 0 Å². The molecule has 0 aliphatic carbocycles. The summed E-state index contributed by atoms with van der Waals surface area (Å²) in [4.78, 5) is 4.91. The van der Waals surface area contributed by atoms with Crippen LogP contribution in [0.5, 0.6) is 0 Å². The van der Waals surface area contributed by atoms with E-state index >= 15 is 0 Å². The SMILES string of the molecule is CC(C)c1ccccc1N1C=CN(c2ccccc2C(C)C)C1C(C)C. The molecule has 0 N–H and O–H groups in total. The van der Waals surface area contributed by atoms with E-state index in [2.05, 4.69) is 112 Å². The number of nitrogens with zero attached hydrogens (tertiary/aromatic N) is 2. The topological polar surface area (TPSA) is 6.48 Å². The molecule has 1 aliphatic rings. The van der Waals surface area contributed by atoms with Crippen molar-refractivity contribution in [3.63, 3.8) is 0 Å². The van der Waals surface area contributed by atoms with Crippen LogP contribution in [0.1, 0.15) is 64.5 Å². The summed E-state index contributed by atoms with van der Waals surface area (Å²) in [6.45, 7) is 13.7. The molecule has 2 nitrogen and oxygen atoms in total. The average Bonchev–Trinajstić information content (AvgIpc) is 3.06. The molecular formula is C24H32N2.